The minimum Gasteiger partial charge on any atom is -0.326 e. The first-order valence-electron chi connectivity index (χ1n) is 4.92. The van der Waals surface area contributed by atoms with Gasteiger partial charge in [0.25, 0.3) is 0 Å². The summed E-state index contributed by atoms with van der Waals surface area (Å²) in [6, 6.07) is 11.1. The number of nitrogens with two attached hydrogens (primary N) is 1. The molecule has 2 nitrogen and oxygen atoms in total. The number of hydrogen-bond acceptors (Lipinski definition) is 2. The van der Waals surface area contributed by atoms with Crippen molar-refractivity contribution in [2.45, 2.75) is 24.9 Å². The summed E-state index contributed by atoms with van der Waals surface area (Å²) in [4.78, 5) is 0. The molecule has 0 aliphatic carbocycles. The summed E-state index contributed by atoms with van der Waals surface area (Å²) in [5.41, 5.74) is 7.36. The van der Waals surface area contributed by atoms with Crippen molar-refractivity contribution in [1.29, 1.82) is 0 Å². The van der Waals surface area contributed by atoms with E-state index in [1.807, 2.05) is 6.07 Å². The van der Waals surface area contributed by atoms with E-state index in [4.69, 9.17) is 5.73 Å². The van der Waals surface area contributed by atoms with Gasteiger partial charge in [0.2, 0.25) is 0 Å². The van der Waals surface area contributed by atoms with Crippen molar-refractivity contribution < 1.29 is 0 Å². The lowest BCUT2D eigenvalue weighted by Crippen LogP contribution is -2.42. The van der Waals surface area contributed by atoms with Crippen molar-refractivity contribution in [3.05, 3.63) is 35.9 Å². The lowest BCUT2D eigenvalue weighted by molar-refractivity contribution is 0.358. The molecule has 1 saturated heterocycles. The van der Waals surface area contributed by atoms with Gasteiger partial charge >= 0.3 is 0 Å². The SMILES string of the molecule is N[C@H]1CCCNC1c1ccccc1. The van der Waals surface area contributed by atoms with Crippen molar-refractivity contribution in [2.24, 2.45) is 5.73 Å². The first-order chi connectivity index (χ1) is 6.38. The Morgan fingerprint density at radius 1 is 1.23 bits per heavy atom. The Morgan fingerprint density at radius 3 is 2.69 bits per heavy atom. The molecule has 2 atom stereocenters. The highest BCUT2D eigenvalue weighted by Gasteiger charge is 2.21. The Morgan fingerprint density at radius 2 is 2.00 bits per heavy atom. The van der Waals surface area contributed by atoms with Gasteiger partial charge in [0.05, 0.1) is 0 Å². The normalized spacial score (nSPS) is 28.7. The second kappa shape index (κ2) is 3.90. The average Bonchev–Trinajstić information content (AvgIpc) is 2.20. The molecule has 1 aromatic carbocycles. The molecule has 13 heavy (non-hydrogen) atoms. The minimum absolute atomic E-state index is 0.274. The summed E-state index contributed by atoms with van der Waals surface area (Å²) >= 11 is 0. The first kappa shape index (κ1) is 8.73. The Labute approximate surface area is 79.1 Å². The third-order valence-corrected chi connectivity index (χ3v) is 2.67. The average molecular weight is 176 g/mol. The molecule has 1 aromatic rings. The topological polar surface area (TPSA) is 38.0 Å². The largest absolute Gasteiger partial charge is 0.326 e. The molecule has 1 fully saturated rings. The molecule has 1 aliphatic rings. The van der Waals surface area contributed by atoms with E-state index in [0.717, 1.165) is 13.0 Å². The fourth-order valence-electron chi connectivity index (χ4n) is 1.94. The van der Waals surface area contributed by atoms with Crippen LogP contribution < -0.4 is 11.1 Å². The molecule has 2 heteroatoms. The van der Waals surface area contributed by atoms with Crippen LogP contribution >= 0.6 is 0 Å². The quantitative estimate of drug-likeness (QED) is 0.679. The van der Waals surface area contributed by atoms with Crippen molar-refractivity contribution in [3.8, 4) is 0 Å². The summed E-state index contributed by atoms with van der Waals surface area (Å²) in [7, 11) is 0. The van der Waals surface area contributed by atoms with Gasteiger partial charge in [-0.05, 0) is 24.9 Å². The first-order valence-corrected chi connectivity index (χ1v) is 4.92. The monoisotopic (exact) mass is 176 g/mol. The predicted octanol–water partition coefficient (Wildman–Crippen LogP) is 1.44. The van der Waals surface area contributed by atoms with Crippen LogP contribution in [0.5, 0.6) is 0 Å². The van der Waals surface area contributed by atoms with Crippen LogP contribution in [0.15, 0.2) is 30.3 Å². The second-order valence-corrected chi connectivity index (χ2v) is 3.65. The van der Waals surface area contributed by atoms with E-state index in [9.17, 15) is 0 Å². The maximum atomic E-state index is 6.05. The number of nitrogens with one attached hydrogen (secondary N) is 1. The smallest absolute Gasteiger partial charge is 0.0473 e. The Hall–Kier alpha value is -0.860. The number of hydrogen-bond donors (Lipinski definition) is 2. The van der Waals surface area contributed by atoms with Crippen LogP contribution in [0.4, 0.5) is 0 Å². The fraction of sp³-hybridized carbons (Fsp3) is 0.455. The van der Waals surface area contributed by atoms with E-state index in [0.29, 0.717) is 6.04 Å². The van der Waals surface area contributed by atoms with Gasteiger partial charge in [-0.3, -0.25) is 0 Å². The molecule has 70 valence electrons. The van der Waals surface area contributed by atoms with Crippen molar-refractivity contribution in [1.82, 2.24) is 5.32 Å². The Balaban J connectivity index is 2.15. The van der Waals surface area contributed by atoms with E-state index in [2.05, 4.69) is 29.6 Å². The minimum atomic E-state index is 0.274. The van der Waals surface area contributed by atoms with Crippen LogP contribution in [-0.4, -0.2) is 12.6 Å². The third kappa shape index (κ3) is 1.90. The molecule has 1 unspecified atom stereocenters. The molecule has 0 aromatic heterocycles. The Kier molecular flexibility index (Phi) is 2.62. The molecular weight excluding hydrogens is 160 g/mol. The van der Waals surface area contributed by atoms with Gasteiger partial charge < -0.3 is 11.1 Å². The number of benzene rings is 1. The summed E-state index contributed by atoms with van der Waals surface area (Å²) < 4.78 is 0. The van der Waals surface area contributed by atoms with Crippen LogP contribution in [0.25, 0.3) is 0 Å². The Bertz CT molecular complexity index is 258. The highest BCUT2D eigenvalue weighted by Crippen LogP contribution is 2.21. The summed E-state index contributed by atoms with van der Waals surface area (Å²) in [6.07, 6.45) is 2.33. The summed E-state index contributed by atoms with van der Waals surface area (Å²) in [6.45, 7) is 1.09. The van der Waals surface area contributed by atoms with Gasteiger partial charge in [-0.1, -0.05) is 30.3 Å². The van der Waals surface area contributed by atoms with Crippen LogP contribution in [0.3, 0.4) is 0 Å². The summed E-state index contributed by atoms with van der Waals surface area (Å²) in [5, 5.41) is 3.46. The highest BCUT2D eigenvalue weighted by molar-refractivity contribution is 5.21. The molecule has 0 amide bonds. The summed E-state index contributed by atoms with van der Waals surface area (Å²) in [5.74, 6) is 0. The molecule has 1 aliphatic heterocycles. The van der Waals surface area contributed by atoms with Gasteiger partial charge in [-0.15, -0.1) is 0 Å². The van der Waals surface area contributed by atoms with E-state index in [1.165, 1.54) is 12.0 Å². The maximum Gasteiger partial charge on any atom is 0.0473 e. The second-order valence-electron chi connectivity index (χ2n) is 3.65. The van der Waals surface area contributed by atoms with Crippen molar-refractivity contribution >= 4 is 0 Å². The highest BCUT2D eigenvalue weighted by atomic mass is 15.0. The zero-order valence-electron chi connectivity index (χ0n) is 7.74. The van der Waals surface area contributed by atoms with Crippen LogP contribution in [-0.2, 0) is 0 Å². The van der Waals surface area contributed by atoms with Gasteiger partial charge in [-0.25, -0.2) is 0 Å². The standard InChI is InChI=1S/C11H16N2/c12-10-7-4-8-13-11(10)9-5-2-1-3-6-9/h1-3,5-6,10-11,13H,4,7-8,12H2/t10-,11?/m0/s1. The van der Waals surface area contributed by atoms with Crippen LogP contribution in [0.1, 0.15) is 24.4 Å². The van der Waals surface area contributed by atoms with Gasteiger partial charge in [0.15, 0.2) is 0 Å². The van der Waals surface area contributed by atoms with Gasteiger partial charge in [0, 0.05) is 12.1 Å². The fourth-order valence-corrected chi connectivity index (χ4v) is 1.94. The molecule has 0 saturated carbocycles. The van der Waals surface area contributed by atoms with Crippen molar-refractivity contribution in [3.63, 3.8) is 0 Å². The van der Waals surface area contributed by atoms with Gasteiger partial charge in [-0.2, -0.15) is 0 Å². The molecule has 0 bridgehead atoms. The van der Waals surface area contributed by atoms with E-state index in [1.54, 1.807) is 0 Å². The van der Waals surface area contributed by atoms with Crippen LogP contribution in [0, 0.1) is 0 Å². The molecule has 3 N–H and O–H groups in total. The van der Waals surface area contributed by atoms with E-state index < -0.39 is 0 Å². The van der Waals surface area contributed by atoms with Crippen molar-refractivity contribution in [2.75, 3.05) is 6.54 Å². The zero-order chi connectivity index (χ0) is 9.10. The lowest BCUT2D eigenvalue weighted by atomic mass is 9.93. The molecule has 0 radical (unpaired) electrons. The number of piperidine rings is 1. The zero-order valence-corrected chi connectivity index (χ0v) is 7.74. The predicted molar refractivity (Wildman–Crippen MR) is 54.4 cm³/mol. The lowest BCUT2D eigenvalue weighted by Gasteiger charge is -2.30. The molecule has 0 spiro atoms. The molecule has 1 heterocycles. The van der Waals surface area contributed by atoms with E-state index in [-0.39, 0.29) is 6.04 Å². The number of rotatable bonds is 1. The van der Waals surface area contributed by atoms with Gasteiger partial charge in [0.1, 0.15) is 0 Å². The maximum absolute atomic E-state index is 6.05. The molecule has 2 rings (SSSR count). The molecular formula is C11H16N2. The third-order valence-electron chi connectivity index (χ3n) is 2.67. The van der Waals surface area contributed by atoms with E-state index >= 15 is 0 Å². The van der Waals surface area contributed by atoms with Crippen LogP contribution in [0.2, 0.25) is 0 Å².